The first-order chi connectivity index (χ1) is 21.8. The number of anilines is 3. The van der Waals surface area contributed by atoms with E-state index in [1.807, 2.05) is 36.6 Å². The highest BCUT2D eigenvalue weighted by atomic mass is 16.7. The third-order valence-electron chi connectivity index (χ3n) is 8.82. The molecule has 2 heterocycles. The molecule has 1 aliphatic carbocycles. The van der Waals surface area contributed by atoms with Gasteiger partial charge in [0.1, 0.15) is 0 Å². The first kappa shape index (κ1) is 24.8. The quantitative estimate of drug-likeness (QED) is 0.211. The fraction of sp³-hybridized carbons (Fsp3) is 0.0500. The summed E-state index contributed by atoms with van der Waals surface area (Å²) in [7, 11) is 0. The molecule has 0 saturated heterocycles. The van der Waals surface area contributed by atoms with Gasteiger partial charge in [0, 0.05) is 39.3 Å². The fourth-order valence-electron chi connectivity index (χ4n) is 6.86. The molecule has 0 N–H and O–H groups in total. The minimum absolute atomic E-state index is 0.471. The van der Waals surface area contributed by atoms with Crippen molar-refractivity contribution in [3.63, 3.8) is 0 Å². The number of hydrogen-bond acceptors (Lipinski definition) is 4. The maximum Gasteiger partial charge on any atom is 0.267 e. The van der Waals surface area contributed by atoms with Crippen LogP contribution in [-0.2, 0) is 10.3 Å². The molecule has 6 aromatic carbocycles. The van der Waals surface area contributed by atoms with E-state index in [1.54, 1.807) is 0 Å². The van der Waals surface area contributed by atoms with Crippen molar-refractivity contribution in [2.24, 2.45) is 0 Å². The predicted octanol–water partition coefficient (Wildman–Crippen LogP) is 9.90. The van der Waals surface area contributed by atoms with Gasteiger partial charge in [0.2, 0.25) is 0 Å². The molecule has 4 heteroatoms. The van der Waals surface area contributed by atoms with Gasteiger partial charge in [-0.25, -0.2) is 0 Å². The molecule has 9 rings (SSSR count). The molecule has 0 radical (unpaired) electrons. The molecule has 1 unspecified atom stereocenters. The summed E-state index contributed by atoms with van der Waals surface area (Å²) in [6.45, 7) is 0. The number of fused-ring (bicyclic) bond motifs is 8. The fourth-order valence-corrected chi connectivity index (χ4v) is 6.86. The molecular formula is C40H27NO3. The van der Waals surface area contributed by atoms with Gasteiger partial charge in [-0.3, -0.25) is 0 Å². The molecular weight excluding hydrogens is 542 g/mol. The monoisotopic (exact) mass is 569 g/mol. The second-order valence-corrected chi connectivity index (χ2v) is 11.2. The molecule has 3 aliphatic rings. The van der Waals surface area contributed by atoms with Crippen LogP contribution in [0.15, 0.2) is 152 Å². The molecule has 0 bridgehead atoms. The number of para-hydroxylation sites is 3. The minimum atomic E-state index is -0.731. The van der Waals surface area contributed by atoms with Crippen LogP contribution < -0.4 is 14.4 Å². The minimum Gasteiger partial charge on any atom is -0.481 e. The normalized spacial score (nSPS) is 17.1. The molecule has 0 saturated carbocycles. The van der Waals surface area contributed by atoms with Gasteiger partial charge in [-0.1, -0.05) is 84.9 Å². The lowest BCUT2D eigenvalue weighted by Crippen LogP contribution is -2.31. The Hall–Kier alpha value is -5.74. The summed E-state index contributed by atoms with van der Waals surface area (Å²) in [6, 6.07) is 50.6. The number of nitrogens with zero attached hydrogens (tertiary/aromatic N) is 1. The van der Waals surface area contributed by atoms with Crippen LogP contribution in [0.5, 0.6) is 11.5 Å². The van der Waals surface area contributed by atoms with Crippen molar-refractivity contribution in [1.29, 1.82) is 0 Å². The van der Waals surface area contributed by atoms with Crippen LogP contribution in [-0.4, -0.2) is 0 Å². The van der Waals surface area contributed by atoms with Gasteiger partial charge in [-0.2, -0.15) is 0 Å². The molecule has 2 aliphatic heterocycles. The zero-order chi connectivity index (χ0) is 29.1. The molecule has 1 spiro atoms. The summed E-state index contributed by atoms with van der Waals surface area (Å²) in [5.41, 5.74) is 10.4. The van der Waals surface area contributed by atoms with Crippen molar-refractivity contribution in [2.75, 3.05) is 4.90 Å². The first-order valence-corrected chi connectivity index (χ1v) is 14.9. The van der Waals surface area contributed by atoms with E-state index in [0.29, 0.717) is 0 Å². The summed E-state index contributed by atoms with van der Waals surface area (Å²) in [6.07, 6.45) is 3.43. The summed E-state index contributed by atoms with van der Waals surface area (Å²) >= 11 is 0. The number of hydrogen-bond donors (Lipinski definition) is 0. The van der Waals surface area contributed by atoms with Crippen molar-refractivity contribution in [3.8, 4) is 22.6 Å². The van der Waals surface area contributed by atoms with Crippen molar-refractivity contribution < 1.29 is 14.2 Å². The topological polar surface area (TPSA) is 30.9 Å². The van der Waals surface area contributed by atoms with Crippen molar-refractivity contribution in [2.45, 2.75) is 11.9 Å². The van der Waals surface area contributed by atoms with Gasteiger partial charge >= 0.3 is 0 Å². The first-order valence-electron chi connectivity index (χ1n) is 14.9. The largest absolute Gasteiger partial charge is 0.481 e. The van der Waals surface area contributed by atoms with E-state index >= 15 is 0 Å². The predicted molar refractivity (Wildman–Crippen MR) is 173 cm³/mol. The van der Waals surface area contributed by atoms with E-state index in [2.05, 4.69) is 126 Å². The summed E-state index contributed by atoms with van der Waals surface area (Å²) in [5, 5.41) is 0. The van der Waals surface area contributed by atoms with E-state index in [-0.39, 0.29) is 0 Å². The lowest BCUT2D eigenvalue weighted by molar-refractivity contribution is 0.0487. The van der Waals surface area contributed by atoms with E-state index in [9.17, 15) is 0 Å². The molecule has 0 amide bonds. The standard InChI is InChI=1S/C40H27NO3/c1-2-11-29(12-3-1)41(30-20-18-28(19-21-30)39-43-37-16-8-9-17-38(37)44-39)31-22-23-33-32-13-5-7-15-35(32)40(36(33)26-31)34-14-6-4-10-27(34)24-25-42-40/h1-26,39H. The van der Waals surface area contributed by atoms with E-state index in [0.717, 1.165) is 50.8 Å². The van der Waals surface area contributed by atoms with Gasteiger partial charge in [0.05, 0.1) is 6.26 Å². The zero-order valence-corrected chi connectivity index (χ0v) is 23.8. The van der Waals surface area contributed by atoms with Gasteiger partial charge in [-0.15, -0.1) is 0 Å². The summed E-state index contributed by atoms with van der Waals surface area (Å²) < 4.78 is 18.9. The van der Waals surface area contributed by atoms with Gasteiger partial charge in [0.15, 0.2) is 17.1 Å². The maximum atomic E-state index is 6.72. The van der Waals surface area contributed by atoms with Crippen LogP contribution in [0.2, 0.25) is 0 Å². The van der Waals surface area contributed by atoms with Gasteiger partial charge in [0.25, 0.3) is 6.29 Å². The Balaban J connectivity index is 1.17. The SMILES string of the molecule is C1=Cc2ccccc2C2(O1)c1ccccc1-c1ccc(N(c3ccccc3)c3ccc(C4Oc5ccccc5O4)cc3)cc12. The lowest BCUT2D eigenvalue weighted by Gasteiger charge is -2.36. The molecule has 210 valence electrons. The highest BCUT2D eigenvalue weighted by Gasteiger charge is 2.48. The van der Waals surface area contributed by atoms with Crippen LogP contribution in [0.1, 0.15) is 34.1 Å². The Labute approximate surface area is 256 Å². The highest BCUT2D eigenvalue weighted by molar-refractivity contribution is 5.87. The van der Waals surface area contributed by atoms with Crippen molar-refractivity contribution in [1.82, 2.24) is 0 Å². The van der Waals surface area contributed by atoms with Crippen LogP contribution >= 0.6 is 0 Å². The van der Waals surface area contributed by atoms with Gasteiger partial charge in [-0.05, 0) is 83.4 Å². The molecule has 0 fully saturated rings. The van der Waals surface area contributed by atoms with Crippen molar-refractivity contribution >= 4 is 23.1 Å². The average Bonchev–Trinajstić information content (AvgIpc) is 3.64. The second kappa shape index (κ2) is 9.65. The second-order valence-electron chi connectivity index (χ2n) is 11.2. The Bertz CT molecular complexity index is 2040. The molecule has 1 atom stereocenters. The number of ether oxygens (including phenoxy) is 3. The zero-order valence-electron chi connectivity index (χ0n) is 23.8. The Morgan fingerprint density at radius 3 is 1.91 bits per heavy atom. The molecule has 4 nitrogen and oxygen atoms in total. The lowest BCUT2D eigenvalue weighted by atomic mass is 9.80. The van der Waals surface area contributed by atoms with Crippen LogP contribution in [0, 0.1) is 0 Å². The number of benzene rings is 6. The molecule has 6 aromatic rings. The average molecular weight is 570 g/mol. The van der Waals surface area contributed by atoms with Gasteiger partial charge < -0.3 is 19.1 Å². The summed E-state index contributed by atoms with van der Waals surface area (Å²) in [4.78, 5) is 2.29. The molecule has 44 heavy (non-hydrogen) atoms. The highest BCUT2D eigenvalue weighted by Crippen LogP contribution is 2.56. The Morgan fingerprint density at radius 1 is 0.500 bits per heavy atom. The van der Waals surface area contributed by atoms with E-state index in [1.165, 1.54) is 16.7 Å². The Morgan fingerprint density at radius 2 is 1.11 bits per heavy atom. The van der Waals surface area contributed by atoms with E-state index < -0.39 is 11.9 Å². The third kappa shape index (κ3) is 3.64. The number of rotatable bonds is 4. The van der Waals surface area contributed by atoms with Crippen LogP contribution in [0.4, 0.5) is 17.1 Å². The van der Waals surface area contributed by atoms with Crippen LogP contribution in [0.25, 0.3) is 17.2 Å². The maximum absolute atomic E-state index is 6.72. The van der Waals surface area contributed by atoms with E-state index in [4.69, 9.17) is 14.2 Å². The Kier molecular flexibility index (Phi) is 5.44. The molecule has 0 aromatic heterocycles. The third-order valence-corrected chi connectivity index (χ3v) is 8.82. The van der Waals surface area contributed by atoms with Crippen LogP contribution in [0.3, 0.4) is 0 Å². The van der Waals surface area contributed by atoms with Crippen molar-refractivity contribution in [3.05, 3.63) is 180 Å². The smallest absolute Gasteiger partial charge is 0.267 e. The summed E-state index contributed by atoms with van der Waals surface area (Å²) in [5.74, 6) is 1.53.